The van der Waals surface area contributed by atoms with E-state index < -0.39 is 17.5 Å². The number of ether oxygens (including phenoxy) is 2. The summed E-state index contributed by atoms with van der Waals surface area (Å²) in [6.07, 6.45) is 1.45. The molecule has 0 saturated heterocycles. The number of nitrogens with two attached hydrogens (primary N) is 1. The highest BCUT2D eigenvalue weighted by Crippen LogP contribution is 2.44. The molecule has 2 aromatic heterocycles. The van der Waals surface area contributed by atoms with Crippen molar-refractivity contribution < 1.29 is 23.1 Å². The first-order valence-electron chi connectivity index (χ1n) is 8.05. The monoisotopic (exact) mass is 353 g/mol. The Morgan fingerprint density at radius 3 is 2.77 bits per heavy atom. The van der Waals surface area contributed by atoms with Gasteiger partial charge in [-0.3, -0.25) is 0 Å². The van der Waals surface area contributed by atoms with Gasteiger partial charge in [-0.25, -0.2) is 9.59 Å². The molecule has 1 aliphatic rings. The van der Waals surface area contributed by atoms with Crippen molar-refractivity contribution in [2.75, 3.05) is 6.61 Å². The minimum Gasteiger partial charge on any atom is -0.468 e. The summed E-state index contributed by atoms with van der Waals surface area (Å²) in [5, 5.41) is 0.574. The largest absolute Gasteiger partial charge is 0.468 e. The summed E-state index contributed by atoms with van der Waals surface area (Å²) in [5.74, 6) is -1.07. The number of hydrogen-bond acceptors (Lipinski definition) is 7. The SMILES string of the molecule is CCOC(=O)C1=C(N)Oc2c(c(=O)oc3ccccc23)[C@H]1c1ccco1. The highest BCUT2D eigenvalue weighted by molar-refractivity contribution is 5.94. The third-order valence-electron chi connectivity index (χ3n) is 4.18. The van der Waals surface area contributed by atoms with Crippen LogP contribution in [0.3, 0.4) is 0 Å². The molecule has 0 spiro atoms. The van der Waals surface area contributed by atoms with Crippen LogP contribution >= 0.6 is 0 Å². The van der Waals surface area contributed by atoms with Crippen molar-refractivity contribution in [3.63, 3.8) is 0 Å². The first-order chi connectivity index (χ1) is 12.6. The Morgan fingerprint density at radius 1 is 1.23 bits per heavy atom. The molecule has 0 amide bonds. The van der Waals surface area contributed by atoms with E-state index in [4.69, 9.17) is 24.0 Å². The van der Waals surface area contributed by atoms with Crippen molar-refractivity contribution in [3.8, 4) is 5.75 Å². The van der Waals surface area contributed by atoms with E-state index in [1.165, 1.54) is 6.26 Å². The molecule has 1 atom stereocenters. The first-order valence-corrected chi connectivity index (χ1v) is 8.05. The molecule has 1 aromatic carbocycles. The van der Waals surface area contributed by atoms with Gasteiger partial charge in [-0.1, -0.05) is 12.1 Å². The second-order valence-electron chi connectivity index (χ2n) is 5.68. The van der Waals surface area contributed by atoms with Gasteiger partial charge in [-0.15, -0.1) is 0 Å². The number of esters is 1. The summed E-state index contributed by atoms with van der Waals surface area (Å²) < 4.78 is 21.7. The molecular formula is C19H15NO6. The third kappa shape index (κ3) is 2.36. The van der Waals surface area contributed by atoms with Crippen LogP contribution in [0, 0.1) is 0 Å². The molecule has 0 aliphatic carbocycles. The summed E-state index contributed by atoms with van der Waals surface area (Å²) in [6.45, 7) is 1.83. The quantitative estimate of drug-likeness (QED) is 0.570. The van der Waals surface area contributed by atoms with E-state index in [0.717, 1.165) is 0 Å². The molecule has 0 unspecified atom stereocenters. The first kappa shape index (κ1) is 16.0. The lowest BCUT2D eigenvalue weighted by Gasteiger charge is -2.26. The van der Waals surface area contributed by atoms with E-state index in [0.29, 0.717) is 16.7 Å². The Morgan fingerprint density at radius 2 is 2.04 bits per heavy atom. The van der Waals surface area contributed by atoms with Crippen LogP contribution in [0.1, 0.15) is 24.2 Å². The van der Waals surface area contributed by atoms with E-state index in [-0.39, 0.29) is 29.4 Å². The van der Waals surface area contributed by atoms with Crippen LogP contribution in [-0.4, -0.2) is 12.6 Å². The fraction of sp³-hybridized carbons (Fsp3) is 0.158. The maximum absolute atomic E-state index is 12.7. The normalized spacial score (nSPS) is 16.3. The van der Waals surface area contributed by atoms with Crippen molar-refractivity contribution in [1.29, 1.82) is 0 Å². The van der Waals surface area contributed by atoms with E-state index >= 15 is 0 Å². The lowest BCUT2D eigenvalue weighted by Crippen LogP contribution is -2.30. The number of para-hydroxylation sites is 1. The van der Waals surface area contributed by atoms with Gasteiger partial charge in [-0.2, -0.15) is 0 Å². The second-order valence-corrected chi connectivity index (χ2v) is 5.68. The third-order valence-corrected chi connectivity index (χ3v) is 4.18. The molecule has 3 heterocycles. The van der Waals surface area contributed by atoms with E-state index in [2.05, 4.69) is 0 Å². The zero-order valence-electron chi connectivity index (χ0n) is 13.9. The van der Waals surface area contributed by atoms with Gasteiger partial charge in [0.05, 0.1) is 29.7 Å². The van der Waals surface area contributed by atoms with Gasteiger partial charge in [0.2, 0.25) is 5.88 Å². The van der Waals surface area contributed by atoms with E-state index in [1.807, 2.05) is 0 Å². The van der Waals surface area contributed by atoms with Crippen LogP contribution in [0.2, 0.25) is 0 Å². The summed E-state index contributed by atoms with van der Waals surface area (Å²) in [6, 6.07) is 10.2. The molecule has 132 valence electrons. The summed E-state index contributed by atoms with van der Waals surface area (Å²) in [7, 11) is 0. The van der Waals surface area contributed by atoms with Crippen LogP contribution in [0.4, 0.5) is 0 Å². The van der Waals surface area contributed by atoms with Crippen LogP contribution in [-0.2, 0) is 9.53 Å². The molecule has 4 rings (SSSR count). The second kappa shape index (κ2) is 6.11. The molecule has 0 radical (unpaired) electrons. The van der Waals surface area contributed by atoms with E-state index in [9.17, 15) is 9.59 Å². The average molecular weight is 353 g/mol. The van der Waals surface area contributed by atoms with Gasteiger partial charge >= 0.3 is 11.6 Å². The zero-order valence-corrected chi connectivity index (χ0v) is 13.9. The van der Waals surface area contributed by atoms with Crippen LogP contribution in [0.15, 0.2) is 67.7 Å². The number of furan rings is 1. The molecule has 2 N–H and O–H groups in total. The predicted octanol–water partition coefficient (Wildman–Crippen LogP) is 2.64. The highest BCUT2D eigenvalue weighted by Gasteiger charge is 2.40. The van der Waals surface area contributed by atoms with Gasteiger partial charge < -0.3 is 24.0 Å². The number of carbonyl (C=O) groups is 1. The number of hydrogen-bond donors (Lipinski definition) is 1. The summed E-state index contributed by atoms with van der Waals surface area (Å²) in [5.41, 5.74) is 5.94. The molecular weight excluding hydrogens is 338 g/mol. The Balaban J connectivity index is 2.03. The average Bonchev–Trinajstić information content (AvgIpc) is 3.15. The number of fused-ring (bicyclic) bond motifs is 3. The molecule has 26 heavy (non-hydrogen) atoms. The Kier molecular flexibility index (Phi) is 3.76. The fourth-order valence-electron chi connectivity index (χ4n) is 3.11. The van der Waals surface area contributed by atoms with Crippen molar-refractivity contribution in [1.82, 2.24) is 0 Å². The van der Waals surface area contributed by atoms with Crippen LogP contribution in [0.5, 0.6) is 5.75 Å². The van der Waals surface area contributed by atoms with Crippen LogP contribution < -0.4 is 16.1 Å². The lowest BCUT2D eigenvalue weighted by molar-refractivity contribution is -0.139. The molecule has 0 bridgehead atoms. The number of carbonyl (C=O) groups excluding carboxylic acids is 1. The Hall–Kier alpha value is -3.48. The van der Waals surface area contributed by atoms with Crippen molar-refractivity contribution in [3.05, 3.63) is 75.9 Å². The molecule has 0 saturated carbocycles. The smallest absolute Gasteiger partial charge is 0.344 e. The molecule has 1 aliphatic heterocycles. The maximum Gasteiger partial charge on any atom is 0.344 e. The van der Waals surface area contributed by atoms with Crippen molar-refractivity contribution in [2.24, 2.45) is 5.73 Å². The Bertz CT molecular complexity index is 1080. The molecule has 3 aromatic rings. The van der Waals surface area contributed by atoms with Gasteiger partial charge in [0.15, 0.2) is 5.75 Å². The fourth-order valence-corrected chi connectivity index (χ4v) is 3.11. The number of rotatable bonds is 3. The molecule has 7 nitrogen and oxygen atoms in total. The Labute approximate surface area is 147 Å². The minimum atomic E-state index is -0.881. The lowest BCUT2D eigenvalue weighted by atomic mass is 9.87. The van der Waals surface area contributed by atoms with Crippen LogP contribution in [0.25, 0.3) is 11.0 Å². The topological polar surface area (TPSA) is 105 Å². The van der Waals surface area contributed by atoms with Gasteiger partial charge in [0.1, 0.15) is 16.9 Å². The molecule has 0 fully saturated rings. The standard InChI is InChI=1S/C19H15NO6/c1-2-23-18(21)15-13(12-8-5-9-24-12)14-16(26-17(15)20)10-6-3-4-7-11(10)25-19(14)22/h3-9,13H,2,20H2,1H3/t13-/m1/s1. The van der Waals surface area contributed by atoms with Crippen molar-refractivity contribution in [2.45, 2.75) is 12.8 Å². The minimum absolute atomic E-state index is 0.0110. The summed E-state index contributed by atoms with van der Waals surface area (Å²) >= 11 is 0. The number of benzene rings is 1. The van der Waals surface area contributed by atoms with E-state index in [1.54, 1.807) is 43.3 Å². The predicted molar refractivity (Wildman–Crippen MR) is 91.5 cm³/mol. The van der Waals surface area contributed by atoms with Gasteiger partial charge in [0, 0.05) is 0 Å². The zero-order chi connectivity index (χ0) is 18.3. The van der Waals surface area contributed by atoms with Gasteiger partial charge in [0.25, 0.3) is 0 Å². The van der Waals surface area contributed by atoms with Gasteiger partial charge in [-0.05, 0) is 31.2 Å². The summed E-state index contributed by atoms with van der Waals surface area (Å²) in [4.78, 5) is 25.2. The van der Waals surface area contributed by atoms with Crippen molar-refractivity contribution >= 4 is 16.9 Å². The maximum atomic E-state index is 12.7. The highest BCUT2D eigenvalue weighted by atomic mass is 16.5. The molecule has 7 heteroatoms.